The summed E-state index contributed by atoms with van der Waals surface area (Å²) in [5.41, 5.74) is 0. The van der Waals surface area contributed by atoms with Gasteiger partial charge in [-0.05, 0) is 64.2 Å². The maximum atomic E-state index is 12.7. The lowest BCUT2D eigenvalue weighted by atomic mass is 9.99. The lowest BCUT2D eigenvalue weighted by molar-refractivity contribution is -0.305. The summed E-state index contributed by atoms with van der Waals surface area (Å²) in [5.74, 6) is -0.869. The van der Waals surface area contributed by atoms with E-state index in [1.54, 1.807) is 0 Å². The van der Waals surface area contributed by atoms with Crippen LogP contribution in [0.15, 0.2) is 36.5 Å². The predicted octanol–water partition coefficient (Wildman–Crippen LogP) is 9.11. The van der Waals surface area contributed by atoms with Crippen molar-refractivity contribution in [2.75, 3.05) is 19.8 Å². The Kier molecular flexibility index (Phi) is 33.6. The Morgan fingerprint density at radius 3 is 1.60 bits per heavy atom. The van der Waals surface area contributed by atoms with Gasteiger partial charge in [0.05, 0.1) is 13.2 Å². The molecule has 1 fully saturated rings. The highest BCUT2D eigenvalue weighted by Gasteiger charge is 2.44. The van der Waals surface area contributed by atoms with Crippen molar-refractivity contribution in [1.82, 2.24) is 0 Å². The Balaban J connectivity index is 2.38. The highest BCUT2D eigenvalue weighted by molar-refractivity contribution is 5.70. The minimum Gasteiger partial charge on any atom is -0.462 e. The molecule has 320 valence electrons. The van der Waals surface area contributed by atoms with Crippen LogP contribution in [0, 0.1) is 0 Å². The van der Waals surface area contributed by atoms with Crippen LogP contribution in [0.3, 0.4) is 0 Å². The van der Waals surface area contributed by atoms with Gasteiger partial charge in [-0.3, -0.25) is 9.59 Å². The van der Waals surface area contributed by atoms with Crippen molar-refractivity contribution in [1.29, 1.82) is 0 Å². The van der Waals surface area contributed by atoms with Gasteiger partial charge in [-0.1, -0.05) is 140 Å². The van der Waals surface area contributed by atoms with Crippen LogP contribution in [0.1, 0.15) is 181 Å². The Bertz CT molecular complexity index is 996. The zero-order valence-electron chi connectivity index (χ0n) is 34.7. The maximum absolute atomic E-state index is 12.7. The van der Waals surface area contributed by atoms with Crippen molar-refractivity contribution in [2.45, 2.75) is 218 Å². The minimum atomic E-state index is -1.60. The van der Waals surface area contributed by atoms with E-state index < -0.39 is 55.4 Å². The third kappa shape index (κ3) is 28.0. The summed E-state index contributed by atoms with van der Waals surface area (Å²) in [6.45, 7) is 3.35. The van der Waals surface area contributed by atoms with Gasteiger partial charge >= 0.3 is 11.9 Å². The van der Waals surface area contributed by atoms with Gasteiger partial charge in [0.25, 0.3) is 0 Å². The van der Waals surface area contributed by atoms with E-state index >= 15 is 0 Å². The second-order valence-corrected chi connectivity index (χ2v) is 15.1. The topological polar surface area (TPSA) is 152 Å². The smallest absolute Gasteiger partial charge is 0.306 e. The molecule has 55 heavy (non-hydrogen) atoms. The lowest BCUT2D eigenvalue weighted by Crippen LogP contribution is -2.59. The molecular weight excluding hydrogens is 700 g/mol. The molecule has 1 rings (SSSR count). The summed E-state index contributed by atoms with van der Waals surface area (Å²) in [4.78, 5) is 25.3. The SMILES string of the molecule is CCCCCC/C=C/CCCCCCCC(=O)OC[C@H](CO[C@@H]1O[C@H](CO)[C@H](O)C(O)C1O)OC(=O)CCC/C=C/C/C=C/CCCCCCCCCCC. The largest absolute Gasteiger partial charge is 0.462 e. The van der Waals surface area contributed by atoms with E-state index in [0.717, 1.165) is 57.8 Å². The molecule has 10 heteroatoms. The zero-order valence-corrected chi connectivity index (χ0v) is 34.7. The van der Waals surface area contributed by atoms with Crippen molar-refractivity contribution < 1.29 is 49.0 Å². The number of aliphatic hydroxyl groups excluding tert-OH is 4. The first-order valence-corrected chi connectivity index (χ1v) is 22.1. The molecule has 1 aliphatic heterocycles. The number of aliphatic hydroxyl groups is 4. The number of esters is 2. The summed E-state index contributed by atoms with van der Waals surface area (Å²) < 4.78 is 22.1. The maximum Gasteiger partial charge on any atom is 0.306 e. The number of carbonyl (C=O) groups is 2. The molecule has 0 aromatic carbocycles. The molecule has 0 aromatic heterocycles. The summed E-state index contributed by atoms with van der Waals surface area (Å²) in [6.07, 6.45) is 33.0. The van der Waals surface area contributed by atoms with Gasteiger partial charge in [-0.2, -0.15) is 0 Å². The van der Waals surface area contributed by atoms with Gasteiger partial charge in [-0.15, -0.1) is 0 Å². The third-order valence-electron chi connectivity index (χ3n) is 10.00. The number of allylic oxidation sites excluding steroid dienone is 6. The van der Waals surface area contributed by atoms with Crippen LogP contribution >= 0.6 is 0 Å². The number of hydrogen-bond acceptors (Lipinski definition) is 10. The van der Waals surface area contributed by atoms with Crippen LogP contribution in [0.4, 0.5) is 0 Å². The summed E-state index contributed by atoms with van der Waals surface area (Å²) >= 11 is 0. The van der Waals surface area contributed by atoms with Crippen molar-refractivity contribution >= 4 is 11.9 Å². The van der Waals surface area contributed by atoms with Crippen molar-refractivity contribution in [3.05, 3.63) is 36.5 Å². The summed E-state index contributed by atoms with van der Waals surface area (Å²) in [7, 11) is 0. The van der Waals surface area contributed by atoms with Crippen LogP contribution in [-0.2, 0) is 28.5 Å². The predicted molar refractivity (Wildman–Crippen MR) is 219 cm³/mol. The monoisotopic (exact) mass is 781 g/mol. The first kappa shape index (κ1) is 50.9. The second-order valence-electron chi connectivity index (χ2n) is 15.1. The fourth-order valence-corrected chi connectivity index (χ4v) is 6.46. The molecule has 2 unspecified atom stereocenters. The van der Waals surface area contributed by atoms with Crippen molar-refractivity contribution in [3.63, 3.8) is 0 Å². The molecule has 0 aromatic rings. The molecule has 1 aliphatic rings. The molecule has 0 amide bonds. The first-order chi connectivity index (χ1) is 26.8. The van der Waals surface area contributed by atoms with Gasteiger partial charge < -0.3 is 39.4 Å². The van der Waals surface area contributed by atoms with Gasteiger partial charge in [-0.25, -0.2) is 0 Å². The van der Waals surface area contributed by atoms with E-state index in [-0.39, 0.29) is 26.1 Å². The molecule has 1 saturated heterocycles. The standard InChI is InChI=1S/C45H80O10/c1-3-5-7-9-11-13-15-17-18-19-20-22-24-26-28-30-32-34-41(48)54-38(37-53-45-44(51)43(50)42(49)39(35-46)55-45)36-52-40(47)33-31-29-27-25-23-21-16-14-12-10-8-6-4-2/h14,16,20,22,26,28,38-39,42-46,49-51H,3-13,15,17-19,21,23-25,27,29-37H2,1-2H3/b16-14+,22-20+,28-26+/t38-,39-,42+,43?,44?,45-/m1/s1. The quantitative estimate of drug-likeness (QED) is 0.0275. The average Bonchev–Trinajstić information content (AvgIpc) is 3.18. The van der Waals surface area contributed by atoms with Crippen molar-refractivity contribution in [2.24, 2.45) is 0 Å². The van der Waals surface area contributed by atoms with Gasteiger partial charge in [0.1, 0.15) is 31.0 Å². The van der Waals surface area contributed by atoms with Crippen LogP contribution in [-0.4, -0.2) is 89.0 Å². The van der Waals surface area contributed by atoms with E-state index in [0.29, 0.717) is 12.8 Å². The van der Waals surface area contributed by atoms with Crippen LogP contribution in [0.5, 0.6) is 0 Å². The van der Waals surface area contributed by atoms with Crippen molar-refractivity contribution in [3.8, 4) is 0 Å². The highest BCUT2D eigenvalue weighted by Crippen LogP contribution is 2.22. The molecule has 4 N–H and O–H groups in total. The van der Waals surface area contributed by atoms with Crippen LogP contribution in [0.2, 0.25) is 0 Å². The fraction of sp³-hybridized carbons (Fsp3) is 0.822. The van der Waals surface area contributed by atoms with Gasteiger partial charge in [0.15, 0.2) is 12.4 Å². The first-order valence-electron chi connectivity index (χ1n) is 22.1. The number of unbranched alkanes of at least 4 members (excludes halogenated alkanes) is 19. The molecule has 1 heterocycles. The molecule has 0 aliphatic carbocycles. The molecule has 6 atom stereocenters. The lowest BCUT2D eigenvalue weighted by Gasteiger charge is -2.39. The number of ether oxygens (including phenoxy) is 4. The van der Waals surface area contributed by atoms with E-state index in [9.17, 15) is 30.0 Å². The third-order valence-corrected chi connectivity index (χ3v) is 10.00. The Labute approximate surface area is 334 Å². The Morgan fingerprint density at radius 2 is 1.04 bits per heavy atom. The minimum absolute atomic E-state index is 0.165. The summed E-state index contributed by atoms with van der Waals surface area (Å²) in [6, 6.07) is 0. The van der Waals surface area contributed by atoms with E-state index in [1.807, 2.05) is 0 Å². The Morgan fingerprint density at radius 1 is 0.564 bits per heavy atom. The molecule has 0 spiro atoms. The molecular formula is C45H80O10. The molecule has 10 nitrogen and oxygen atoms in total. The van der Waals surface area contributed by atoms with Crippen LogP contribution in [0.25, 0.3) is 0 Å². The number of carbonyl (C=O) groups excluding carboxylic acids is 2. The van der Waals surface area contributed by atoms with Gasteiger partial charge in [0.2, 0.25) is 0 Å². The van der Waals surface area contributed by atoms with E-state index in [1.165, 1.54) is 83.5 Å². The zero-order chi connectivity index (χ0) is 40.2. The summed E-state index contributed by atoms with van der Waals surface area (Å²) in [5, 5.41) is 40.0. The highest BCUT2D eigenvalue weighted by atomic mass is 16.7. The average molecular weight is 781 g/mol. The fourth-order valence-electron chi connectivity index (χ4n) is 6.46. The van der Waals surface area contributed by atoms with Gasteiger partial charge in [0, 0.05) is 12.8 Å². The molecule has 0 radical (unpaired) electrons. The number of rotatable bonds is 36. The Hall–Kier alpha value is -2.08. The molecule has 0 saturated carbocycles. The number of hydrogen-bond donors (Lipinski definition) is 4. The van der Waals surface area contributed by atoms with E-state index in [4.69, 9.17) is 18.9 Å². The molecule has 0 bridgehead atoms. The second kappa shape index (κ2) is 36.3. The van der Waals surface area contributed by atoms with Crippen LogP contribution < -0.4 is 0 Å². The van der Waals surface area contributed by atoms with E-state index in [2.05, 4.69) is 50.3 Å². The normalized spacial score (nSPS) is 20.9.